The molecular formula is C20H25N3O2S. The Morgan fingerprint density at radius 1 is 1.27 bits per heavy atom. The van der Waals surface area contributed by atoms with Crippen molar-refractivity contribution in [2.45, 2.75) is 51.5 Å². The normalized spacial score (nSPS) is 19.3. The maximum absolute atomic E-state index is 12.8. The molecule has 2 heterocycles. The van der Waals surface area contributed by atoms with Crippen LogP contribution in [-0.4, -0.2) is 29.1 Å². The molecule has 5 nitrogen and oxygen atoms in total. The molecule has 2 aliphatic rings. The summed E-state index contributed by atoms with van der Waals surface area (Å²) in [4.78, 5) is 20.8. The first-order chi connectivity index (χ1) is 12.7. The van der Waals surface area contributed by atoms with Gasteiger partial charge < -0.3 is 9.64 Å². The van der Waals surface area contributed by atoms with E-state index < -0.39 is 0 Å². The highest BCUT2D eigenvalue weighted by Crippen LogP contribution is 2.34. The van der Waals surface area contributed by atoms with Crippen LogP contribution in [0.2, 0.25) is 0 Å². The number of aromatic nitrogens is 1. The number of benzene rings is 1. The van der Waals surface area contributed by atoms with Crippen LogP contribution in [0.4, 0.5) is 9.93 Å². The maximum Gasteiger partial charge on any atom is 0.324 e. The lowest BCUT2D eigenvalue weighted by molar-refractivity contribution is 0.207. The fourth-order valence-corrected chi connectivity index (χ4v) is 4.92. The van der Waals surface area contributed by atoms with Gasteiger partial charge in [0.25, 0.3) is 0 Å². The number of likely N-dealkylation sites (tertiary alicyclic amines) is 1. The first-order valence-electron chi connectivity index (χ1n) is 9.53. The highest BCUT2D eigenvalue weighted by atomic mass is 32.1. The van der Waals surface area contributed by atoms with E-state index in [0.717, 1.165) is 43.1 Å². The van der Waals surface area contributed by atoms with Crippen molar-refractivity contribution < 1.29 is 9.53 Å². The molecule has 4 rings (SSSR count). The van der Waals surface area contributed by atoms with Gasteiger partial charge in [-0.05, 0) is 63.1 Å². The van der Waals surface area contributed by atoms with E-state index in [1.165, 1.54) is 29.0 Å². The Hall–Kier alpha value is -2.08. The van der Waals surface area contributed by atoms with E-state index in [9.17, 15) is 4.79 Å². The summed E-state index contributed by atoms with van der Waals surface area (Å²) >= 11 is 1.64. The van der Waals surface area contributed by atoms with Crippen LogP contribution in [0.1, 0.15) is 54.8 Å². The third kappa shape index (κ3) is 3.56. The van der Waals surface area contributed by atoms with Crippen molar-refractivity contribution in [2.75, 3.05) is 18.5 Å². The minimum Gasteiger partial charge on any atom is -0.494 e. The fourth-order valence-electron chi connectivity index (χ4n) is 3.88. The molecule has 2 aromatic rings. The zero-order valence-corrected chi connectivity index (χ0v) is 16.0. The molecule has 0 bridgehead atoms. The van der Waals surface area contributed by atoms with Gasteiger partial charge in [-0.15, -0.1) is 11.3 Å². The molecule has 1 saturated heterocycles. The number of hydrogen-bond acceptors (Lipinski definition) is 4. The Bertz CT molecular complexity index is 748. The summed E-state index contributed by atoms with van der Waals surface area (Å²) in [5, 5.41) is 3.79. The number of ether oxygens (including phenoxy) is 1. The highest BCUT2D eigenvalue weighted by Gasteiger charge is 2.30. The number of urea groups is 1. The quantitative estimate of drug-likeness (QED) is 0.841. The van der Waals surface area contributed by atoms with E-state index in [1.54, 1.807) is 11.3 Å². The summed E-state index contributed by atoms with van der Waals surface area (Å²) in [6.07, 6.45) is 6.60. The Morgan fingerprint density at radius 2 is 2.08 bits per heavy atom. The Kier molecular flexibility index (Phi) is 5.11. The van der Waals surface area contributed by atoms with Crippen LogP contribution >= 0.6 is 11.3 Å². The monoisotopic (exact) mass is 371 g/mol. The summed E-state index contributed by atoms with van der Waals surface area (Å²) in [6.45, 7) is 3.43. The van der Waals surface area contributed by atoms with Gasteiger partial charge in [0, 0.05) is 11.4 Å². The number of anilines is 1. The van der Waals surface area contributed by atoms with Gasteiger partial charge >= 0.3 is 6.03 Å². The molecule has 138 valence electrons. The molecule has 1 aliphatic carbocycles. The van der Waals surface area contributed by atoms with Crippen molar-refractivity contribution >= 4 is 22.5 Å². The number of carbonyl (C=O) groups is 1. The average molecular weight is 372 g/mol. The van der Waals surface area contributed by atoms with E-state index in [1.807, 2.05) is 24.0 Å². The van der Waals surface area contributed by atoms with Crippen molar-refractivity contribution in [3.8, 4) is 5.75 Å². The number of hydrogen-bond donors (Lipinski definition) is 1. The second kappa shape index (κ2) is 7.66. The molecule has 0 radical (unpaired) electrons. The molecular weight excluding hydrogens is 346 g/mol. The summed E-state index contributed by atoms with van der Waals surface area (Å²) in [6, 6.07) is 8.21. The number of fused-ring (bicyclic) bond motifs is 1. The lowest BCUT2D eigenvalue weighted by Gasteiger charge is -2.25. The third-order valence-electron chi connectivity index (χ3n) is 5.15. The maximum atomic E-state index is 12.8. The van der Waals surface area contributed by atoms with Crippen LogP contribution in [0.25, 0.3) is 0 Å². The van der Waals surface area contributed by atoms with Gasteiger partial charge in [-0.25, -0.2) is 9.78 Å². The number of carbonyl (C=O) groups excluding carboxylic acids is 1. The summed E-state index contributed by atoms with van der Waals surface area (Å²) in [5.74, 6) is 0.874. The zero-order chi connectivity index (χ0) is 17.9. The third-order valence-corrected chi connectivity index (χ3v) is 6.22. The number of thiazole rings is 1. The molecule has 26 heavy (non-hydrogen) atoms. The van der Waals surface area contributed by atoms with Crippen molar-refractivity contribution in [2.24, 2.45) is 0 Å². The van der Waals surface area contributed by atoms with Crippen LogP contribution in [-0.2, 0) is 12.8 Å². The predicted molar refractivity (Wildman–Crippen MR) is 104 cm³/mol. The standard InChI is InChI=1S/C20H25N3O2S/c1-2-25-15-11-9-14(10-12-15)17-7-5-13-23(17)20(24)22-19-21-16-6-3-4-8-18(16)26-19/h9-12,17H,2-8,13H2,1H3,(H,21,22,24). The molecule has 0 saturated carbocycles. The molecule has 0 spiro atoms. The smallest absolute Gasteiger partial charge is 0.324 e. The van der Waals surface area contributed by atoms with Gasteiger partial charge in [-0.3, -0.25) is 5.32 Å². The van der Waals surface area contributed by atoms with Crippen LogP contribution in [0.5, 0.6) is 5.75 Å². The van der Waals surface area contributed by atoms with Crippen LogP contribution < -0.4 is 10.1 Å². The molecule has 1 aliphatic heterocycles. The van der Waals surface area contributed by atoms with Crippen LogP contribution in [0.3, 0.4) is 0 Å². The first kappa shape index (κ1) is 17.3. The molecule has 1 aromatic heterocycles. The highest BCUT2D eigenvalue weighted by molar-refractivity contribution is 7.15. The van der Waals surface area contributed by atoms with E-state index in [4.69, 9.17) is 4.74 Å². The zero-order valence-electron chi connectivity index (χ0n) is 15.2. The lowest BCUT2D eigenvalue weighted by atomic mass is 10.0. The SMILES string of the molecule is CCOc1ccc(C2CCCN2C(=O)Nc2nc3c(s2)CCCC3)cc1. The Balaban J connectivity index is 1.45. The van der Waals surface area contributed by atoms with Gasteiger partial charge in [0.1, 0.15) is 5.75 Å². The van der Waals surface area contributed by atoms with E-state index in [0.29, 0.717) is 6.61 Å². The predicted octanol–water partition coefficient (Wildman–Crippen LogP) is 4.79. The van der Waals surface area contributed by atoms with Gasteiger partial charge in [0.2, 0.25) is 0 Å². The van der Waals surface area contributed by atoms with Gasteiger partial charge in [0.05, 0.1) is 18.3 Å². The van der Waals surface area contributed by atoms with Crippen molar-refractivity contribution in [1.29, 1.82) is 0 Å². The largest absolute Gasteiger partial charge is 0.494 e. The molecule has 1 atom stereocenters. The van der Waals surface area contributed by atoms with Crippen molar-refractivity contribution in [3.05, 3.63) is 40.4 Å². The van der Waals surface area contributed by atoms with Gasteiger partial charge in [-0.2, -0.15) is 0 Å². The van der Waals surface area contributed by atoms with Crippen molar-refractivity contribution in [3.63, 3.8) is 0 Å². The van der Waals surface area contributed by atoms with E-state index in [-0.39, 0.29) is 12.1 Å². The Labute approximate surface area is 158 Å². The Morgan fingerprint density at radius 3 is 2.85 bits per heavy atom. The second-order valence-corrected chi connectivity index (χ2v) is 7.96. The molecule has 1 aromatic carbocycles. The van der Waals surface area contributed by atoms with Gasteiger partial charge in [0.15, 0.2) is 5.13 Å². The minimum atomic E-state index is -0.0347. The number of nitrogens with one attached hydrogen (secondary N) is 1. The molecule has 1 fully saturated rings. The van der Waals surface area contributed by atoms with Crippen LogP contribution in [0, 0.1) is 0 Å². The van der Waals surface area contributed by atoms with Crippen LogP contribution in [0.15, 0.2) is 24.3 Å². The van der Waals surface area contributed by atoms with Gasteiger partial charge in [-0.1, -0.05) is 12.1 Å². The molecule has 2 amide bonds. The summed E-state index contributed by atoms with van der Waals surface area (Å²) in [5.41, 5.74) is 2.35. The summed E-state index contributed by atoms with van der Waals surface area (Å²) < 4.78 is 5.52. The topological polar surface area (TPSA) is 54.5 Å². The summed E-state index contributed by atoms with van der Waals surface area (Å²) in [7, 11) is 0. The fraction of sp³-hybridized carbons (Fsp3) is 0.500. The first-order valence-corrected chi connectivity index (χ1v) is 10.3. The number of amides is 2. The molecule has 1 N–H and O–H groups in total. The number of nitrogens with zero attached hydrogens (tertiary/aromatic N) is 2. The average Bonchev–Trinajstić information content (AvgIpc) is 3.29. The number of aryl methyl sites for hydroxylation is 2. The number of rotatable bonds is 4. The van der Waals surface area contributed by atoms with Crippen molar-refractivity contribution in [1.82, 2.24) is 9.88 Å². The van der Waals surface area contributed by atoms with E-state index >= 15 is 0 Å². The molecule has 1 unspecified atom stereocenters. The second-order valence-electron chi connectivity index (χ2n) is 6.88. The molecule has 6 heteroatoms. The lowest BCUT2D eigenvalue weighted by Crippen LogP contribution is -2.34. The minimum absolute atomic E-state index is 0.0347. The van der Waals surface area contributed by atoms with E-state index in [2.05, 4.69) is 22.4 Å².